The van der Waals surface area contributed by atoms with E-state index in [4.69, 9.17) is 5.73 Å². The highest BCUT2D eigenvalue weighted by Crippen LogP contribution is 2.10. The summed E-state index contributed by atoms with van der Waals surface area (Å²) in [5.41, 5.74) is 4.19. The molecule has 134 valence electrons. The van der Waals surface area contributed by atoms with Crippen molar-refractivity contribution in [3.8, 4) is 0 Å². The molecule has 9 heteroatoms. The van der Waals surface area contributed by atoms with E-state index in [1.165, 1.54) is 19.0 Å². The predicted molar refractivity (Wildman–Crippen MR) is 91.0 cm³/mol. The van der Waals surface area contributed by atoms with E-state index < -0.39 is 23.1 Å². The number of nitrogen functional groups attached to an aromatic ring is 1. The van der Waals surface area contributed by atoms with Gasteiger partial charge in [-0.2, -0.15) is 0 Å². The van der Waals surface area contributed by atoms with Gasteiger partial charge in [0.25, 0.3) is 5.56 Å². The van der Waals surface area contributed by atoms with Gasteiger partial charge in [0.05, 0.1) is 12.6 Å². The molecule has 0 aliphatic carbocycles. The molecule has 0 saturated carbocycles. The number of likely N-dealkylation sites (N-methyl/N-ethyl adjacent to an activating group) is 1. The van der Waals surface area contributed by atoms with Gasteiger partial charge in [-0.25, -0.2) is 4.79 Å². The summed E-state index contributed by atoms with van der Waals surface area (Å²) in [5, 5.41) is 2.73. The Balaban J connectivity index is 3.13. The summed E-state index contributed by atoms with van der Waals surface area (Å²) in [5.74, 6) is -0.947. The SMILES string of the molecule is CC(C)NC(=O)CN(C)C(C)C(=O)c1c(N)n(C)c(=O)n(C)c1=O. The zero-order valence-corrected chi connectivity index (χ0v) is 14.9. The summed E-state index contributed by atoms with van der Waals surface area (Å²) >= 11 is 0. The molecule has 0 aliphatic rings. The third-order valence-corrected chi connectivity index (χ3v) is 3.84. The number of hydrogen-bond donors (Lipinski definition) is 2. The number of hydrogen-bond acceptors (Lipinski definition) is 6. The lowest BCUT2D eigenvalue weighted by molar-refractivity contribution is -0.122. The smallest absolute Gasteiger partial charge is 0.332 e. The van der Waals surface area contributed by atoms with Crippen LogP contribution in [0.4, 0.5) is 5.82 Å². The van der Waals surface area contributed by atoms with Crippen molar-refractivity contribution in [2.75, 3.05) is 19.3 Å². The van der Waals surface area contributed by atoms with Crippen LogP contribution in [0, 0.1) is 0 Å². The van der Waals surface area contributed by atoms with E-state index in [1.54, 1.807) is 14.0 Å². The first-order valence-electron chi connectivity index (χ1n) is 7.58. The Hall–Kier alpha value is -2.42. The van der Waals surface area contributed by atoms with Crippen molar-refractivity contribution in [2.24, 2.45) is 14.1 Å². The highest BCUT2D eigenvalue weighted by Gasteiger charge is 2.27. The summed E-state index contributed by atoms with van der Waals surface area (Å²) in [6.45, 7) is 5.24. The van der Waals surface area contributed by atoms with Gasteiger partial charge in [-0.15, -0.1) is 0 Å². The van der Waals surface area contributed by atoms with E-state index in [1.807, 2.05) is 13.8 Å². The zero-order valence-electron chi connectivity index (χ0n) is 14.9. The number of Topliss-reactive ketones (excluding diaryl/α,β-unsaturated/α-hetero) is 1. The van der Waals surface area contributed by atoms with E-state index in [9.17, 15) is 19.2 Å². The summed E-state index contributed by atoms with van der Waals surface area (Å²) in [6.07, 6.45) is 0. The molecule has 1 aromatic rings. The van der Waals surface area contributed by atoms with E-state index in [-0.39, 0.29) is 29.9 Å². The van der Waals surface area contributed by atoms with Gasteiger partial charge in [0.1, 0.15) is 11.4 Å². The van der Waals surface area contributed by atoms with Crippen LogP contribution in [-0.2, 0) is 18.9 Å². The van der Waals surface area contributed by atoms with Gasteiger partial charge in [-0.05, 0) is 27.8 Å². The Kier molecular flexibility index (Phi) is 6.08. The third kappa shape index (κ3) is 3.91. The topological polar surface area (TPSA) is 119 Å². The molecule has 0 spiro atoms. The van der Waals surface area contributed by atoms with Gasteiger partial charge >= 0.3 is 5.69 Å². The molecule has 0 saturated heterocycles. The van der Waals surface area contributed by atoms with E-state index in [0.29, 0.717) is 0 Å². The van der Waals surface area contributed by atoms with Crippen LogP contribution in [0.1, 0.15) is 31.1 Å². The average molecular weight is 339 g/mol. The molecule has 0 fully saturated rings. The van der Waals surface area contributed by atoms with Crippen LogP contribution in [0.5, 0.6) is 0 Å². The fraction of sp³-hybridized carbons (Fsp3) is 0.600. The molecule has 1 atom stereocenters. The number of rotatable bonds is 6. The Morgan fingerprint density at radius 3 is 2.21 bits per heavy atom. The average Bonchev–Trinajstić information content (AvgIpc) is 2.49. The fourth-order valence-corrected chi connectivity index (χ4v) is 2.23. The number of nitrogens with two attached hydrogens (primary N) is 1. The zero-order chi connectivity index (χ0) is 18.8. The monoisotopic (exact) mass is 339 g/mol. The van der Waals surface area contributed by atoms with E-state index in [2.05, 4.69) is 5.32 Å². The van der Waals surface area contributed by atoms with Crippen molar-refractivity contribution in [3.63, 3.8) is 0 Å². The Morgan fingerprint density at radius 1 is 1.17 bits per heavy atom. The Morgan fingerprint density at radius 2 is 1.71 bits per heavy atom. The highest BCUT2D eigenvalue weighted by molar-refractivity contribution is 6.03. The minimum Gasteiger partial charge on any atom is -0.384 e. The maximum absolute atomic E-state index is 12.7. The van der Waals surface area contributed by atoms with Crippen LogP contribution in [-0.4, -0.2) is 51.4 Å². The second kappa shape index (κ2) is 7.43. The quantitative estimate of drug-likeness (QED) is 0.621. The van der Waals surface area contributed by atoms with Gasteiger partial charge in [-0.1, -0.05) is 0 Å². The lowest BCUT2D eigenvalue weighted by Crippen LogP contribution is -2.47. The minimum atomic E-state index is -0.754. The van der Waals surface area contributed by atoms with Crippen molar-refractivity contribution in [3.05, 3.63) is 26.4 Å². The van der Waals surface area contributed by atoms with Crippen molar-refractivity contribution >= 4 is 17.5 Å². The molecule has 1 amide bonds. The minimum absolute atomic E-state index is 0.00291. The van der Waals surface area contributed by atoms with Gasteiger partial charge in [0.2, 0.25) is 5.91 Å². The van der Waals surface area contributed by atoms with Crippen LogP contribution < -0.4 is 22.3 Å². The molecule has 24 heavy (non-hydrogen) atoms. The molecule has 1 rings (SSSR count). The van der Waals surface area contributed by atoms with Gasteiger partial charge in [0.15, 0.2) is 5.78 Å². The number of ketones is 1. The lowest BCUT2D eigenvalue weighted by Gasteiger charge is -2.24. The number of amides is 1. The van der Waals surface area contributed by atoms with Crippen LogP contribution in [0.25, 0.3) is 0 Å². The standard InChI is InChI=1S/C15H25N5O4/c1-8(2)17-10(21)7-18(4)9(3)12(22)11-13(16)19(5)15(24)20(6)14(11)23/h8-9H,7,16H2,1-6H3,(H,17,21). The van der Waals surface area contributed by atoms with Crippen LogP contribution in [0.15, 0.2) is 9.59 Å². The first-order valence-corrected chi connectivity index (χ1v) is 7.58. The molecule has 1 unspecified atom stereocenters. The van der Waals surface area contributed by atoms with Crippen molar-refractivity contribution in [1.82, 2.24) is 19.4 Å². The molecule has 0 aliphatic heterocycles. The number of nitrogens with one attached hydrogen (secondary N) is 1. The maximum atomic E-state index is 12.7. The van der Waals surface area contributed by atoms with Crippen LogP contribution in [0.2, 0.25) is 0 Å². The summed E-state index contributed by atoms with van der Waals surface area (Å²) in [6, 6.07) is -0.765. The number of carbonyl (C=O) groups is 2. The molecule has 9 nitrogen and oxygen atoms in total. The number of anilines is 1. The van der Waals surface area contributed by atoms with Gasteiger partial charge in [-0.3, -0.25) is 28.4 Å². The molecule has 0 radical (unpaired) electrons. The highest BCUT2D eigenvalue weighted by atomic mass is 16.2. The third-order valence-electron chi connectivity index (χ3n) is 3.84. The summed E-state index contributed by atoms with van der Waals surface area (Å²) in [4.78, 5) is 50.1. The maximum Gasteiger partial charge on any atom is 0.332 e. The molecule has 1 aromatic heterocycles. The van der Waals surface area contributed by atoms with Gasteiger partial charge < -0.3 is 11.1 Å². The molecule has 0 bridgehead atoms. The van der Waals surface area contributed by atoms with Crippen molar-refractivity contribution in [1.29, 1.82) is 0 Å². The molecule has 3 N–H and O–H groups in total. The van der Waals surface area contributed by atoms with E-state index >= 15 is 0 Å². The summed E-state index contributed by atoms with van der Waals surface area (Å²) in [7, 11) is 4.27. The van der Waals surface area contributed by atoms with E-state index in [0.717, 1.165) is 9.13 Å². The Bertz CT molecular complexity index is 762. The first kappa shape index (κ1) is 19.6. The predicted octanol–water partition coefficient (Wildman–Crippen LogP) is -1.31. The second-order valence-corrected chi connectivity index (χ2v) is 6.14. The van der Waals surface area contributed by atoms with Crippen molar-refractivity contribution in [2.45, 2.75) is 32.9 Å². The summed E-state index contributed by atoms with van der Waals surface area (Å²) < 4.78 is 1.88. The van der Waals surface area contributed by atoms with Crippen molar-refractivity contribution < 1.29 is 9.59 Å². The Labute approximate surface area is 140 Å². The number of aromatic nitrogens is 2. The second-order valence-electron chi connectivity index (χ2n) is 6.14. The molecular weight excluding hydrogens is 314 g/mol. The van der Waals surface area contributed by atoms with Gasteiger partial charge in [0, 0.05) is 20.1 Å². The normalized spacial score (nSPS) is 12.5. The molecule has 1 heterocycles. The number of nitrogens with zero attached hydrogens (tertiary/aromatic N) is 3. The first-order chi connectivity index (χ1) is 11.0. The number of carbonyl (C=O) groups excluding carboxylic acids is 2. The fourth-order valence-electron chi connectivity index (χ4n) is 2.23. The van der Waals surface area contributed by atoms with Crippen LogP contribution in [0.3, 0.4) is 0 Å². The lowest BCUT2D eigenvalue weighted by atomic mass is 10.1. The van der Waals surface area contributed by atoms with Crippen LogP contribution >= 0.6 is 0 Å². The molecular formula is C15H25N5O4. The molecule has 0 aromatic carbocycles. The largest absolute Gasteiger partial charge is 0.384 e.